The SMILES string of the molecule is NC(=O)CN(CC(N)=O)C(=O)[C@H]1CCCN1. The molecule has 0 aromatic heterocycles. The lowest BCUT2D eigenvalue weighted by Gasteiger charge is -2.22. The molecular weight excluding hydrogens is 212 g/mol. The van der Waals surface area contributed by atoms with Crippen LogP contribution in [0.25, 0.3) is 0 Å². The fourth-order valence-electron chi connectivity index (χ4n) is 1.70. The van der Waals surface area contributed by atoms with Gasteiger partial charge in [-0.1, -0.05) is 0 Å². The maximum Gasteiger partial charge on any atom is 0.240 e. The summed E-state index contributed by atoms with van der Waals surface area (Å²) >= 11 is 0. The highest BCUT2D eigenvalue weighted by Gasteiger charge is 2.28. The fraction of sp³-hybridized carbons (Fsp3) is 0.667. The van der Waals surface area contributed by atoms with E-state index in [9.17, 15) is 14.4 Å². The highest BCUT2D eigenvalue weighted by molar-refractivity contribution is 5.90. The van der Waals surface area contributed by atoms with Crippen LogP contribution in [0.15, 0.2) is 0 Å². The first-order chi connectivity index (χ1) is 7.50. The van der Waals surface area contributed by atoms with Gasteiger partial charge in [-0.25, -0.2) is 0 Å². The molecule has 1 rings (SSSR count). The summed E-state index contributed by atoms with van der Waals surface area (Å²) in [6, 6.07) is -0.335. The average Bonchev–Trinajstić information content (AvgIpc) is 2.66. The molecule has 5 N–H and O–H groups in total. The van der Waals surface area contributed by atoms with Gasteiger partial charge >= 0.3 is 0 Å². The Morgan fingerprint density at radius 2 is 1.75 bits per heavy atom. The van der Waals surface area contributed by atoms with Gasteiger partial charge in [0.15, 0.2) is 0 Å². The number of hydrogen-bond acceptors (Lipinski definition) is 4. The van der Waals surface area contributed by atoms with Gasteiger partial charge in [0.2, 0.25) is 17.7 Å². The molecule has 90 valence electrons. The van der Waals surface area contributed by atoms with Gasteiger partial charge in [-0.15, -0.1) is 0 Å². The minimum atomic E-state index is -0.660. The second-order valence-electron chi connectivity index (χ2n) is 3.78. The first kappa shape index (κ1) is 12.4. The van der Waals surface area contributed by atoms with Gasteiger partial charge in [0.25, 0.3) is 0 Å². The molecule has 0 unspecified atom stereocenters. The zero-order valence-electron chi connectivity index (χ0n) is 8.94. The van der Waals surface area contributed by atoms with Crippen molar-refractivity contribution < 1.29 is 14.4 Å². The van der Waals surface area contributed by atoms with Crippen LogP contribution in [0.3, 0.4) is 0 Å². The van der Waals surface area contributed by atoms with Crippen LogP contribution in [-0.4, -0.2) is 48.3 Å². The molecule has 0 aromatic rings. The largest absolute Gasteiger partial charge is 0.368 e. The smallest absolute Gasteiger partial charge is 0.240 e. The van der Waals surface area contributed by atoms with E-state index in [0.29, 0.717) is 6.42 Å². The van der Waals surface area contributed by atoms with Crippen LogP contribution >= 0.6 is 0 Å². The van der Waals surface area contributed by atoms with Crippen LogP contribution in [0.1, 0.15) is 12.8 Å². The number of hydrogen-bond donors (Lipinski definition) is 3. The van der Waals surface area contributed by atoms with Gasteiger partial charge in [-0.05, 0) is 19.4 Å². The van der Waals surface area contributed by atoms with Crippen molar-refractivity contribution in [2.75, 3.05) is 19.6 Å². The normalized spacial score (nSPS) is 19.4. The number of amides is 3. The predicted octanol–water partition coefficient (Wildman–Crippen LogP) is -2.46. The third-order valence-electron chi connectivity index (χ3n) is 2.36. The Bertz CT molecular complexity index is 283. The summed E-state index contributed by atoms with van der Waals surface area (Å²) in [5.74, 6) is -1.62. The standard InChI is InChI=1S/C9H16N4O3/c10-7(14)4-13(5-8(11)15)9(16)6-2-1-3-12-6/h6,12H,1-5H2,(H2,10,14)(H2,11,15)/t6-/m1/s1. The van der Waals surface area contributed by atoms with Crippen molar-refractivity contribution in [2.45, 2.75) is 18.9 Å². The van der Waals surface area contributed by atoms with Crippen LogP contribution in [-0.2, 0) is 14.4 Å². The molecule has 1 aliphatic rings. The highest BCUT2D eigenvalue weighted by Crippen LogP contribution is 2.08. The Morgan fingerprint density at radius 1 is 1.19 bits per heavy atom. The third-order valence-corrected chi connectivity index (χ3v) is 2.36. The number of nitrogens with one attached hydrogen (secondary N) is 1. The number of carbonyl (C=O) groups excluding carboxylic acids is 3. The van der Waals surface area contributed by atoms with Crippen molar-refractivity contribution in [1.29, 1.82) is 0 Å². The molecule has 1 heterocycles. The molecule has 0 aromatic carbocycles. The monoisotopic (exact) mass is 228 g/mol. The van der Waals surface area contributed by atoms with Crippen LogP contribution in [0.4, 0.5) is 0 Å². The van der Waals surface area contributed by atoms with Crippen LogP contribution in [0.2, 0.25) is 0 Å². The lowest BCUT2D eigenvalue weighted by atomic mass is 10.2. The Kier molecular flexibility index (Phi) is 4.24. The number of carbonyl (C=O) groups is 3. The molecule has 7 heteroatoms. The van der Waals surface area contributed by atoms with E-state index in [4.69, 9.17) is 11.5 Å². The van der Waals surface area contributed by atoms with Crippen LogP contribution < -0.4 is 16.8 Å². The van der Waals surface area contributed by atoms with Crippen LogP contribution in [0, 0.1) is 0 Å². The Labute approximate surface area is 93.1 Å². The van der Waals surface area contributed by atoms with Gasteiger partial charge in [-0.3, -0.25) is 14.4 Å². The molecule has 1 fully saturated rings. The van der Waals surface area contributed by atoms with Crippen molar-refractivity contribution in [3.05, 3.63) is 0 Å². The molecule has 7 nitrogen and oxygen atoms in total. The average molecular weight is 228 g/mol. The molecular formula is C9H16N4O3. The van der Waals surface area contributed by atoms with E-state index >= 15 is 0 Å². The molecule has 0 bridgehead atoms. The van der Waals surface area contributed by atoms with Gasteiger partial charge in [0.1, 0.15) is 0 Å². The molecule has 0 aliphatic carbocycles. The van der Waals surface area contributed by atoms with E-state index in [1.165, 1.54) is 0 Å². The van der Waals surface area contributed by atoms with Gasteiger partial charge in [-0.2, -0.15) is 0 Å². The van der Waals surface area contributed by atoms with Gasteiger partial charge < -0.3 is 21.7 Å². The van der Waals surface area contributed by atoms with Crippen molar-refractivity contribution in [3.8, 4) is 0 Å². The molecule has 1 saturated heterocycles. The summed E-state index contributed by atoms with van der Waals surface area (Å²) in [7, 11) is 0. The highest BCUT2D eigenvalue weighted by atomic mass is 16.2. The molecule has 1 aliphatic heterocycles. The van der Waals surface area contributed by atoms with E-state index in [-0.39, 0.29) is 25.0 Å². The first-order valence-corrected chi connectivity index (χ1v) is 5.09. The van der Waals surface area contributed by atoms with E-state index in [1.807, 2.05) is 0 Å². The molecule has 0 saturated carbocycles. The summed E-state index contributed by atoms with van der Waals surface area (Å²) in [5.41, 5.74) is 10.0. The third kappa shape index (κ3) is 3.50. The molecule has 1 atom stereocenters. The number of nitrogens with zero attached hydrogens (tertiary/aromatic N) is 1. The summed E-state index contributed by atoms with van der Waals surface area (Å²) < 4.78 is 0. The van der Waals surface area contributed by atoms with Gasteiger partial charge in [0, 0.05) is 0 Å². The van der Waals surface area contributed by atoms with E-state index in [0.717, 1.165) is 17.9 Å². The first-order valence-electron chi connectivity index (χ1n) is 5.09. The maximum absolute atomic E-state index is 11.9. The number of nitrogens with two attached hydrogens (primary N) is 2. The van der Waals surface area contributed by atoms with Crippen LogP contribution in [0.5, 0.6) is 0 Å². The zero-order valence-corrected chi connectivity index (χ0v) is 8.94. The maximum atomic E-state index is 11.9. The topological polar surface area (TPSA) is 119 Å². The minimum absolute atomic E-state index is 0.278. The van der Waals surface area contributed by atoms with Gasteiger partial charge in [0.05, 0.1) is 19.1 Å². The predicted molar refractivity (Wildman–Crippen MR) is 56.0 cm³/mol. The lowest BCUT2D eigenvalue weighted by molar-refractivity contribution is -0.139. The quantitative estimate of drug-likeness (QED) is 0.483. The number of primary amides is 2. The second-order valence-corrected chi connectivity index (χ2v) is 3.78. The van der Waals surface area contributed by atoms with E-state index < -0.39 is 11.8 Å². The van der Waals surface area contributed by atoms with Crippen molar-refractivity contribution >= 4 is 17.7 Å². The number of rotatable bonds is 5. The summed E-state index contributed by atoms with van der Waals surface area (Å²) in [5, 5.41) is 2.99. The molecule has 0 radical (unpaired) electrons. The second kappa shape index (κ2) is 5.45. The lowest BCUT2D eigenvalue weighted by Crippen LogP contribution is -2.49. The van der Waals surface area contributed by atoms with Crippen molar-refractivity contribution in [1.82, 2.24) is 10.2 Å². The van der Waals surface area contributed by atoms with E-state index in [2.05, 4.69) is 5.32 Å². The molecule has 3 amide bonds. The van der Waals surface area contributed by atoms with E-state index in [1.54, 1.807) is 0 Å². The zero-order chi connectivity index (χ0) is 12.1. The molecule has 0 spiro atoms. The fourth-order valence-corrected chi connectivity index (χ4v) is 1.70. The summed E-state index contributed by atoms with van der Waals surface area (Å²) in [4.78, 5) is 34.5. The van der Waals surface area contributed by atoms with Crippen molar-refractivity contribution in [3.63, 3.8) is 0 Å². The Balaban J connectivity index is 2.62. The minimum Gasteiger partial charge on any atom is -0.368 e. The van der Waals surface area contributed by atoms with Crippen molar-refractivity contribution in [2.24, 2.45) is 11.5 Å². The Hall–Kier alpha value is -1.63. The summed E-state index contributed by atoms with van der Waals surface area (Å²) in [6.07, 6.45) is 1.60. The Morgan fingerprint density at radius 3 is 2.12 bits per heavy atom. The summed E-state index contributed by atoms with van der Waals surface area (Å²) in [6.45, 7) is 0.206. The molecule has 16 heavy (non-hydrogen) atoms.